The molecule has 0 bridgehead atoms. The van der Waals surface area contributed by atoms with Crippen LogP contribution in [0.5, 0.6) is 0 Å². The van der Waals surface area contributed by atoms with Crippen molar-refractivity contribution < 1.29 is 8.42 Å². The van der Waals surface area contributed by atoms with Crippen LogP contribution in [0, 0.1) is 5.92 Å². The number of likely N-dealkylation sites (tertiary alicyclic amines) is 1. The second-order valence-electron chi connectivity index (χ2n) is 5.77. The molecule has 1 saturated heterocycles. The van der Waals surface area contributed by atoms with Gasteiger partial charge in [-0.25, -0.2) is 13.1 Å². The highest BCUT2D eigenvalue weighted by Gasteiger charge is 2.23. The second kappa shape index (κ2) is 6.87. The quantitative estimate of drug-likeness (QED) is 0.820. The van der Waals surface area contributed by atoms with Crippen molar-refractivity contribution in [2.45, 2.75) is 31.2 Å². The molecule has 1 aromatic rings. The Hall–Kier alpha value is -0.950. The molecule has 1 fully saturated rings. The number of rotatable bonds is 6. The van der Waals surface area contributed by atoms with Crippen LogP contribution in [-0.2, 0) is 23.0 Å². The summed E-state index contributed by atoms with van der Waals surface area (Å²) in [5.41, 5.74) is 7.30. The Kier molecular flexibility index (Phi) is 5.37. The number of aryl methyl sites for hydroxylation is 1. The lowest BCUT2D eigenvalue weighted by Crippen LogP contribution is -2.31. The van der Waals surface area contributed by atoms with Crippen LogP contribution in [0.15, 0.2) is 23.1 Å². The minimum absolute atomic E-state index is 0.347. The van der Waals surface area contributed by atoms with E-state index in [4.69, 9.17) is 5.73 Å². The first-order chi connectivity index (χ1) is 9.96. The van der Waals surface area contributed by atoms with Crippen LogP contribution >= 0.6 is 0 Å². The Morgan fingerprint density at radius 2 is 2.19 bits per heavy atom. The fourth-order valence-corrected chi connectivity index (χ4v) is 4.24. The zero-order valence-electron chi connectivity index (χ0n) is 12.8. The zero-order chi connectivity index (χ0) is 15.5. The van der Waals surface area contributed by atoms with Crippen molar-refractivity contribution in [1.82, 2.24) is 9.62 Å². The standard InChI is InChI=1S/C15H25N3O2S/c1-3-14-5-4-12(9-16)8-15(14)21(19,20)17-10-13-6-7-18(2)11-13/h4-5,8,13,17H,3,6-7,9-11,16H2,1-2H3. The summed E-state index contributed by atoms with van der Waals surface area (Å²) in [6.45, 7) is 4.80. The van der Waals surface area contributed by atoms with Crippen LogP contribution in [-0.4, -0.2) is 40.0 Å². The third kappa shape index (κ3) is 4.03. The van der Waals surface area contributed by atoms with Crippen LogP contribution in [0.25, 0.3) is 0 Å². The number of sulfonamides is 1. The molecule has 1 aliphatic heterocycles. The highest BCUT2D eigenvalue weighted by Crippen LogP contribution is 2.20. The molecule has 6 heteroatoms. The van der Waals surface area contributed by atoms with E-state index in [0.717, 1.165) is 30.6 Å². The largest absolute Gasteiger partial charge is 0.326 e. The SMILES string of the molecule is CCc1ccc(CN)cc1S(=O)(=O)NCC1CCN(C)C1. The summed E-state index contributed by atoms with van der Waals surface area (Å²) < 4.78 is 27.9. The fraction of sp³-hybridized carbons (Fsp3) is 0.600. The molecular formula is C15H25N3O2S. The number of hydrogen-bond donors (Lipinski definition) is 2. The minimum atomic E-state index is -3.46. The van der Waals surface area contributed by atoms with E-state index >= 15 is 0 Å². The van der Waals surface area contributed by atoms with E-state index in [9.17, 15) is 8.42 Å². The molecule has 1 aliphatic rings. The third-order valence-electron chi connectivity index (χ3n) is 4.09. The average Bonchev–Trinajstić information content (AvgIpc) is 2.90. The van der Waals surface area contributed by atoms with Gasteiger partial charge >= 0.3 is 0 Å². The Bertz CT molecular complexity index is 587. The van der Waals surface area contributed by atoms with Gasteiger partial charge in [-0.1, -0.05) is 19.1 Å². The molecule has 0 aromatic heterocycles. The summed E-state index contributed by atoms with van der Waals surface area (Å²) in [5.74, 6) is 0.396. The Morgan fingerprint density at radius 3 is 2.76 bits per heavy atom. The molecular weight excluding hydrogens is 286 g/mol. The molecule has 1 atom stereocenters. The van der Waals surface area contributed by atoms with Gasteiger partial charge in [0.1, 0.15) is 0 Å². The maximum Gasteiger partial charge on any atom is 0.240 e. The van der Waals surface area contributed by atoms with Crippen molar-refractivity contribution in [3.63, 3.8) is 0 Å². The van der Waals surface area contributed by atoms with Crippen molar-refractivity contribution in [3.8, 4) is 0 Å². The monoisotopic (exact) mass is 311 g/mol. The smallest absolute Gasteiger partial charge is 0.240 e. The molecule has 5 nitrogen and oxygen atoms in total. The molecule has 118 valence electrons. The molecule has 0 amide bonds. The maximum absolute atomic E-state index is 12.6. The zero-order valence-corrected chi connectivity index (χ0v) is 13.6. The van der Waals surface area contributed by atoms with Gasteiger partial charge in [-0.15, -0.1) is 0 Å². The summed E-state index contributed by atoms with van der Waals surface area (Å²) in [5, 5.41) is 0. The summed E-state index contributed by atoms with van der Waals surface area (Å²) in [6.07, 6.45) is 1.73. The van der Waals surface area contributed by atoms with E-state index in [1.54, 1.807) is 6.07 Å². The average molecular weight is 311 g/mol. The summed E-state index contributed by atoms with van der Waals surface area (Å²) in [6, 6.07) is 5.45. The van der Waals surface area contributed by atoms with Gasteiger partial charge in [-0.3, -0.25) is 0 Å². The van der Waals surface area contributed by atoms with Gasteiger partial charge in [0.05, 0.1) is 4.90 Å². The van der Waals surface area contributed by atoms with E-state index in [-0.39, 0.29) is 0 Å². The Morgan fingerprint density at radius 1 is 1.43 bits per heavy atom. The topological polar surface area (TPSA) is 75.4 Å². The maximum atomic E-state index is 12.6. The fourth-order valence-electron chi connectivity index (χ4n) is 2.77. The number of benzene rings is 1. The second-order valence-corrected chi connectivity index (χ2v) is 7.50. The number of hydrogen-bond acceptors (Lipinski definition) is 4. The highest BCUT2D eigenvalue weighted by atomic mass is 32.2. The number of nitrogens with one attached hydrogen (secondary N) is 1. The first-order valence-electron chi connectivity index (χ1n) is 7.46. The first kappa shape index (κ1) is 16.4. The predicted molar refractivity (Wildman–Crippen MR) is 84.5 cm³/mol. The lowest BCUT2D eigenvalue weighted by Gasteiger charge is -2.15. The van der Waals surface area contributed by atoms with Gasteiger partial charge in [0.15, 0.2) is 0 Å². The molecule has 1 heterocycles. The molecule has 21 heavy (non-hydrogen) atoms. The normalized spacial score (nSPS) is 20.0. The molecule has 0 aliphatic carbocycles. The molecule has 0 saturated carbocycles. The number of nitrogens with zero attached hydrogens (tertiary/aromatic N) is 1. The van der Waals surface area contributed by atoms with Gasteiger partial charge in [0, 0.05) is 19.6 Å². The molecule has 0 radical (unpaired) electrons. The molecule has 3 N–H and O–H groups in total. The first-order valence-corrected chi connectivity index (χ1v) is 8.94. The lowest BCUT2D eigenvalue weighted by molar-refractivity contribution is 0.394. The van der Waals surface area contributed by atoms with Crippen LogP contribution < -0.4 is 10.5 Å². The summed E-state index contributed by atoms with van der Waals surface area (Å²) in [7, 11) is -1.40. The molecule has 0 spiro atoms. The number of nitrogens with two attached hydrogens (primary N) is 1. The van der Waals surface area contributed by atoms with Gasteiger partial charge in [-0.05, 0) is 49.5 Å². The minimum Gasteiger partial charge on any atom is -0.326 e. The van der Waals surface area contributed by atoms with Crippen LogP contribution in [0.2, 0.25) is 0 Å². The van der Waals surface area contributed by atoms with Crippen molar-refractivity contribution in [3.05, 3.63) is 29.3 Å². The van der Waals surface area contributed by atoms with Gasteiger partial charge in [-0.2, -0.15) is 0 Å². The van der Waals surface area contributed by atoms with Crippen molar-refractivity contribution in [1.29, 1.82) is 0 Å². The molecule has 2 rings (SSSR count). The van der Waals surface area contributed by atoms with Gasteiger partial charge in [0.2, 0.25) is 10.0 Å². The van der Waals surface area contributed by atoms with E-state index in [1.165, 1.54) is 0 Å². The van der Waals surface area contributed by atoms with Crippen LogP contribution in [0.1, 0.15) is 24.5 Å². The highest BCUT2D eigenvalue weighted by molar-refractivity contribution is 7.89. The van der Waals surface area contributed by atoms with E-state index < -0.39 is 10.0 Å². The van der Waals surface area contributed by atoms with Gasteiger partial charge in [0.25, 0.3) is 0 Å². The Balaban J connectivity index is 2.14. The van der Waals surface area contributed by atoms with Gasteiger partial charge < -0.3 is 10.6 Å². The molecule has 1 unspecified atom stereocenters. The van der Waals surface area contributed by atoms with E-state index in [1.807, 2.05) is 19.1 Å². The van der Waals surface area contributed by atoms with Crippen molar-refractivity contribution >= 4 is 10.0 Å². The predicted octanol–water partition coefficient (Wildman–Crippen LogP) is 0.938. The molecule has 1 aromatic carbocycles. The third-order valence-corrected chi connectivity index (χ3v) is 5.59. The summed E-state index contributed by atoms with van der Waals surface area (Å²) >= 11 is 0. The summed E-state index contributed by atoms with van der Waals surface area (Å²) in [4.78, 5) is 2.60. The van der Waals surface area contributed by atoms with Crippen molar-refractivity contribution in [2.24, 2.45) is 11.7 Å². The lowest BCUT2D eigenvalue weighted by atomic mass is 10.1. The van der Waals surface area contributed by atoms with Crippen LogP contribution in [0.3, 0.4) is 0 Å². The van der Waals surface area contributed by atoms with E-state index in [2.05, 4.69) is 16.7 Å². The van der Waals surface area contributed by atoms with E-state index in [0.29, 0.717) is 30.3 Å². The van der Waals surface area contributed by atoms with Crippen LogP contribution in [0.4, 0.5) is 0 Å². The Labute approximate surface area is 127 Å². The van der Waals surface area contributed by atoms with Crippen molar-refractivity contribution in [2.75, 3.05) is 26.7 Å².